The Kier molecular flexibility index (Phi) is 5.46. The van der Waals surface area contributed by atoms with Crippen molar-refractivity contribution >= 4 is 0 Å². The van der Waals surface area contributed by atoms with E-state index in [2.05, 4.69) is 31.2 Å². The maximum Gasteiger partial charge on any atom is 0.0728 e. The van der Waals surface area contributed by atoms with Crippen LogP contribution in [0, 0.1) is 0 Å². The molecule has 2 fully saturated rings. The molecule has 18 heavy (non-hydrogen) atoms. The summed E-state index contributed by atoms with van der Waals surface area (Å²) in [6.45, 7) is 3.25. The van der Waals surface area contributed by atoms with Gasteiger partial charge in [-0.2, -0.15) is 0 Å². The summed E-state index contributed by atoms with van der Waals surface area (Å²) < 4.78 is 5.84. The van der Waals surface area contributed by atoms with Crippen LogP contribution in [-0.4, -0.2) is 49.8 Å². The van der Waals surface area contributed by atoms with Crippen LogP contribution < -0.4 is 5.32 Å². The first-order valence-electron chi connectivity index (χ1n) is 7.74. The maximum absolute atomic E-state index is 5.84. The molecule has 1 N–H and O–H groups in total. The highest BCUT2D eigenvalue weighted by molar-refractivity contribution is 4.86. The summed E-state index contributed by atoms with van der Waals surface area (Å²) in [5.41, 5.74) is 0. The summed E-state index contributed by atoms with van der Waals surface area (Å²) >= 11 is 0. The van der Waals surface area contributed by atoms with Gasteiger partial charge in [0.25, 0.3) is 0 Å². The lowest BCUT2D eigenvalue weighted by molar-refractivity contribution is 0.0682. The molecule has 0 radical (unpaired) electrons. The fourth-order valence-corrected chi connectivity index (χ4v) is 3.47. The average Bonchev–Trinajstić information content (AvgIpc) is 2.90. The Bertz CT molecular complexity index is 231. The van der Waals surface area contributed by atoms with Crippen molar-refractivity contribution in [3.8, 4) is 0 Å². The highest BCUT2D eigenvalue weighted by atomic mass is 16.5. The summed E-state index contributed by atoms with van der Waals surface area (Å²) in [7, 11) is 4.42. The highest BCUT2D eigenvalue weighted by Crippen LogP contribution is 2.24. The van der Waals surface area contributed by atoms with Gasteiger partial charge in [0.15, 0.2) is 0 Å². The van der Waals surface area contributed by atoms with Gasteiger partial charge in [-0.1, -0.05) is 6.92 Å². The van der Waals surface area contributed by atoms with Crippen LogP contribution in [-0.2, 0) is 4.74 Å². The average molecular weight is 254 g/mol. The standard InChI is InChI=1S/C15H30N2O/c1-4-14(15-6-5-11-18-15)16-12-7-9-13(10-8-12)17(2)3/h12-16H,4-11H2,1-3H3/t12?,13?,14-,15+/m1/s1. The zero-order valence-electron chi connectivity index (χ0n) is 12.3. The molecule has 1 aliphatic carbocycles. The Hall–Kier alpha value is -0.120. The summed E-state index contributed by atoms with van der Waals surface area (Å²) in [5.74, 6) is 0. The van der Waals surface area contributed by atoms with E-state index in [1.807, 2.05) is 0 Å². The molecule has 0 unspecified atom stereocenters. The molecular formula is C15H30N2O. The topological polar surface area (TPSA) is 24.5 Å². The predicted octanol–water partition coefficient (Wildman–Crippen LogP) is 2.41. The third kappa shape index (κ3) is 3.69. The van der Waals surface area contributed by atoms with Gasteiger partial charge in [0, 0.05) is 24.7 Å². The van der Waals surface area contributed by atoms with Crippen molar-refractivity contribution in [2.75, 3.05) is 20.7 Å². The largest absolute Gasteiger partial charge is 0.377 e. The van der Waals surface area contributed by atoms with Crippen LogP contribution in [0.1, 0.15) is 51.9 Å². The molecule has 0 bridgehead atoms. The molecule has 3 nitrogen and oxygen atoms in total. The Labute approximate surface area is 112 Å². The number of ether oxygens (including phenoxy) is 1. The van der Waals surface area contributed by atoms with Crippen LogP contribution in [0.15, 0.2) is 0 Å². The quantitative estimate of drug-likeness (QED) is 0.815. The SMILES string of the molecule is CC[C@@H](NC1CCC(N(C)C)CC1)[C@@H]1CCCO1. The second kappa shape index (κ2) is 6.88. The summed E-state index contributed by atoms with van der Waals surface area (Å²) in [5, 5.41) is 3.86. The maximum atomic E-state index is 5.84. The van der Waals surface area contributed by atoms with Crippen molar-refractivity contribution < 1.29 is 4.74 Å². The van der Waals surface area contributed by atoms with Crippen LogP contribution in [0.25, 0.3) is 0 Å². The van der Waals surface area contributed by atoms with E-state index in [1.165, 1.54) is 44.9 Å². The molecule has 2 atom stereocenters. The molecule has 2 rings (SSSR count). The monoisotopic (exact) mass is 254 g/mol. The first kappa shape index (κ1) is 14.3. The lowest BCUT2D eigenvalue weighted by Crippen LogP contribution is -2.47. The molecule has 0 amide bonds. The van der Waals surface area contributed by atoms with E-state index in [-0.39, 0.29) is 0 Å². The van der Waals surface area contributed by atoms with Gasteiger partial charge >= 0.3 is 0 Å². The van der Waals surface area contributed by atoms with Crippen LogP contribution in [0.4, 0.5) is 0 Å². The van der Waals surface area contributed by atoms with E-state index in [9.17, 15) is 0 Å². The Morgan fingerprint density at radius 3 is 2.39 bits per heavy atom. The van der Waals surface area contributed by atoms with Crippen LogP contribution in [0.2, 0.25) is 0 Å². The minimum Gasteiger partial charge on any atom is -0.377 e. The molecule has 0 aromatic rings. The van der Waals surface area contributed by atoms with Crippen LogP contribution in [0.3, 0.4) is 0 Å². The normalized spacial score (nSPS) is 35.0. The fraction of sp³-hybridized carbons (Fsp3) is 1.00. The van der Waals surface area contributed by atoms with Gasteiger partial charge in [-0.3, -0.25) is 0 Å². The number of hydrogen-bond donors (Lipinski definition) is 1. The Morgan fingerprint density at radius 1 is 1.17 bits per heavy atom. The third-order valence-electron chi connectivity index (χ3n) is 4.73. The van der Waals surface area contributed by atoms with Gasteiger partial charge in [-0.05, 0) is 59.0 Å². The first-order valence-corrected chi connectivity index (χ1v) is 7.74. The van der Waals surface area contributed by atoms with E-state index < -0.39 is 0 Å². The first-order chi connectivity index (χ1) is 8.70. The molecule has 1 saturated carbocycles. The van der Waals surface area contributed by atoms with Crippen molar-refractivity contribution in [2.45, 2.75) is 76.1 Å². The molecular weight excluding hydrogens is 224 g/mol. The summed E-state index contributed by atoms with van der Waals surface area (Å²) in [4.78, 5) is 2.38. The highest BCUT2D eigenvalue weighted by Gasteiger charge is 2.29. The van der Waals surface area contributed by atoms with Gasteiger partial charge in [-0.25, -0.2) is 0 Å². The zero-order chi connectivity index (χ0) is 13.0. The van der Waals surface area contributed by atoms with Gasteiger partial charge in [-0.15, -0.1) is 0 Å². The lowest BCUT2D eigenvalue weighted by atomic mass is 9.89. The molecule has 0 spiro atoms. The number of nitrogens with one attached hydrogen (secondary N) is 1. The fourth-order valence-electron chi connectivity index (χ4n) is 3.47. The summed E-state index contributed by atoms with van der Waals surface area (Å²) in [6.07, 6.45) is 9.49. The number of hydrogen-bond acceptors (Lipinski definition) is 3. The predicted molar refractivity (Wildman–Crippen MR) is 75.9 cm³/mol. The van der Waals surface area contributed by atoms with E-state index in [4.69, 9.17) is 4.74 Å². The summed E-state index contributed by atoms with van der Waals surface area (Å²) in [6, 6.07) is 2.09. The van der Waals surface area contributed by atoms with Crippen molar-refractivity contribution in [1.29, 1.82) is 0 Å². The van der Waals surface area contributed by atoms with Crippen LogP contribution in [0.5, 0.6) is 0 Å². The molecule has 106 valence electrons. The van der Waals surface area contributed by atoms with Gasteiger partial charge < -0.3 is 15.0 Å². The van der Waals surface area contributed by atoms with Crippen molar-refractivity contribution in [2.24, 2.45) is 0 Å². The molecule has 1 aliphatic heterocycles. The lowest BCUT2D eigenvalue weighted by Gasteiger charge is -2.36. The smallest absolute Gasteiger partial charge is 0.0728 e. The third-order valence-corrected chi connectivity index (χ3v) is 4.73. The zero-order valence-corrected chi connectivity index (χ0v) is 12.3. The van der Waals surface area contributed by atoms with Gasteiger partial charge in [0.05, 0.1) is 6.10 Å². The molecule has 2 aliphatic rings. The van der Waals surface area contributed by atoms with Gasteiger partial charge in [0.1, 0.15) is 0 Å². The van der Waals surface area contributed by atoms with E-state index in [1.54, 1.807) is 0 Å². The minimum atomic E-state index is 0.474. The van der Waals surface area contributed by atoms with E-state index in [0.717, 1.165) is 18.7 Å². The molecule has 1 saturated heterocycles. The van der Waals surface area contributed by atoms with E-state index >= 15 is 0 Å². The number of nitrogens with zero attached hydrogens (tertiary/aromatic N) is 1. The Morgan fingerprint density at radius 2 is 1.89 bits per heavy atom. The minimum absolute atomic E-state index is 0.474. The molecule has 3 heteroatoms. The number of rotatable bonds is 5. The second-order valence-electron chi connectivity index (χ2n) is 6.20. The Balaban J connectivity index is 1.75. The molecule has 0 aromatic heterocycles. The second-order valence-corrected chi connectivity index (χ2v) is 6.20. The van der Waals surface area contributed by atoms with Crippen LogP contribution >= 0.6 is 0 Å². The molecule has 1 heterocycles. The van der Waals surface area contributed by atoms with Gasteiger partial charge in [0.2, 0.25) is 0 Å². The van der Waals surface area contributed by atoms with Crippen molar-refractivity contribution in [3.63, 3.8) is 0 Å². The molecule has 0 aromatic carbocycles. The van der Waals surface area contributed by atoms with E-state index in [0.29, 0.717) is 12.1 Å². The van der Waals surface area contributed by atoms with Crippen molar-refractivity contribution in [1.82, 2.24) is 10.2 Å². The van der Waals surface area contributed by atoms with Crippen molar-refractivity contribution in [3.05, 3.63) is 0 Å².